The molecule has 0 saturated heterocycles. The van der Waals surface area contributed by atoms with E-state index in [1.54, 1.807) is 36.7 Å². The fraction of sp³-hybridized carbons (Fsp3) is 0.303. The quantitative estimate of drug-likeness (QED) is 0.211. The van der Waals surface area contributed by atoms with Crippen LogP contribution < -0.4 is 10.0 Å². The molecule has 3 N–H and O–H groups in total. The van der Waals surface area contributed by atoms with Crippen LogP contribution in [0.1, 0.15) is 35.3 Å². The number of alkyl halides is 3. The first-order valence-corrected chi connectivity index (χ1v) is 17.0. The monoisotopic (exact) mass is 656 g/mol. The van der Waals surface area contributed by atoms with Crippen LogP contribution in [0.15, 0.2) is 102 Å². The van der Waals surface area contributed by atoms with Gasteiger partial charge in [0.1, 0.15) is 10.6 Å². The second kappa shape index (κ2) is 13.8. The van der Waals surface area contributed by atoms with Gasteiger partial charge in [0.15, 0.2) is 0 Å². The number of aliphatic hydroxyl groups is 1. The molecule has 12 heteroatoms. The standard InChI is InChI=1S/C33H35F3N4O3S2/c1-22-18-25(32-40(2)29(21-44-32)24-7-10-27(11-8-24)33(34,35)36)9-14-31(22)45(42,43)39-28-12-5-23(6-13-28)15-17-38-20-30(41)26-4-3-16-37-19-26/h3-14,16,18-19,21-22,30-32,38-39,41H,15,17,20H2,1-2H3/t22?,30-,31?,32?/m0/s1. The number of pyridine rings is 1. The predicted octanol–water partition coefficient (Wildman–Crippen LogP) is 6.21. The molecule has 1 aliphatic carbocycles. The minimum absolute atomic E-state index is 0.127. The number of thioether (sulfide) groups is 1. The molecule has 5 rings (SSSR count). The summed E-state index contributed by atoms with van der Waals surface area (Å²) in [6.45, 7) is 2.91. The molecule has 2 aliphatic rings. The van der Waals surface area contributed by atoms with Gasteiger partial charge in [-0.3, -0.25) is 9.71 Å². The number of halogens is 3. The number of hydrogen-bond donors (Lipinski definition) is 3. The second-order valence-corrected chi connectivity index (χ2v) is 13.9. The lowest BCUT2D eigenvalue weighted by Crippen LogP contribution is -2.34. The Hall–Kier alpha value is -3.58. The van der Waals surface area contributed by atoms with Crippen molar-refractivity contribution in [2.75, 3.05) is 24.9 Å². The lowest BCUT2D eigenvalue weighted by atomic mass is 9.96. The number of likely N-dealkylation sites (N-methyl/N-ethyl adjacent to an activating group) is 1. The van der Waals surface area contributed by atoms with Gasteiger partial charge in [-0.1, -0.05) is 55.5 Å². The zero-order chi connectivity index (χ0) is 32.2. The van der Waals surface area contributed by atoms with Crippen molar-refractivity contribution in [2.45, 2.75) is 36.2 Å². The molecule has 0 bridgehead atoms. The van der Waals surface area contributed by atoms with Crippen LogP contribution in [0, 0.1) is 5.92 Å². The molecular formula is C33H35F3N4O3S2. The van der Waals surface area contributed by atoms with Crippen molar-refractivity contribution in [3.05, 3.63) is 125 Å². The molecule has 0 spiro atoms. The van der Waals surface area contributed by atoms with E-state index in [1.807, 2.05) is 54.6 Å². The molecule has 0 fully saturated rings. The van der Waals surface area contributed by atoms with Crippen LogP contribution in [0.2, 0.25) is 0 Å². The third-order valence-electron chi connectivity index (χ3n) is 7.86. The first-order chi connectivity index (χ1) is 21.4. The van der Waals surface area contributed by atoms with Gasteiger partial charge in [-0.05, 0) is 71.3 Å². The fourth-order valence-electron chi connectivity index (χ4n) is 5.35. The summed E-state index contributed by atoms with van der Waals surface area (Å²) in [5, 5.41) is 14.5. The average Bonchev–Trinajstić information content (AvgIpc) is 3.40. The summed E-state index contributed by atoms with van der Waals surface area (Å²) in [6.07, 6.45) is 4.45. The Morgan fingerprint density at radius 2 is 1.82 bits per heavy atom. The molecular weight excluding hydrogens is 622 g/mol. The van der Waals surface area contributed by atoms with Gasteiger partial charge in [-0.2, -0.15) is 13.2 Å². The number of benzene rings is 2. The Kier molecular flexibility index (Phi) is 10.1. The van der Waals surface area contributed by atoms with Crippen LogP contribution in [0.3, 0.4) is 0 Å². The summed E-state index contributed by atoms with van der Waals surface area (Å²) in [5.41, 5.74) is 3.99. The second-order valence-electron chi connectivity index (χ2n) is 11.1. The number of nitrogens with one attached hydrogen (secondary N) is 2. The maximum absolute atomic E-state index is 13.3. The van der Waals surface area contributed by atoms with E-state index >= 15 is 0 Å². The summed E-state index contributed by atoms with van der Waals surface area (Å²) < 4.78 is 68.3. The van der Waals surface area contributed by atoms with Crippen LogP contribution in [0.5, 0.6) is 0 Å². The molecule has 1 aromatic heterocycles. The molecule has 1 aliphatic heterocycles. The summed E-state index contributed by atoms with van der Waals surface area (Å²) in [6, 6.07) is 16.0. The van der Waals surface area contributed by atoms with Gasteiger partial charge in [0.05, 0.1) is 17.4 Å². The molecule has 45 heavy (non-hydrogen) atoms. The van der Waals surface area contributed by atoms with Crippen LogP contribution in [-0.2, 0) is 22.6 Å². The van der Waals surface area contributed by atoms with E-state index in [0.717, 1.165) is 34.5 Å². The smallest absolute Gasteiger partial charge is 0.387 e. The Morgan fingerprint density at radius 3 is 2.47 bits per heavy atom. The van der Waals surface area contributed by atoms with E-state index in [1.165, 1.54) is 23.9 Å². The third kappa shape index (κ3) is 7.99. The zero-order valence-corrected chi connectivity index (χ0v) is 26.4. The van der Waals surface area contributed by atoms with E-state index in [-0.39, 0.29) is 11.3 Å². The third-order valence-corrected chi connectivity index (χ3v) is 10.9. The average molecular weight is 657 g/mol. The molecule has 2 heterocycles. The van der Waals surface area contributed by atoms with Crippen molar-refractivity contribution in [1.29, 1.82) is 0 Å². The van der Waals surface area contributed by atoms with E-state index in [0.29, 0.717) is 30.8 Å². The van der Waals surface area contributed by atoms with Gasteiger partial charge in [-0.25, -0.2) is 8.42 Å². The van der Waals surface area contributed by atoms with Gasteiger partial charge >= 0.3 is 6.18 Å². The molecule has 238 valence electrons. The summed E-state index contributed by atoms with van der Waals surface area (Å²) in [5.74, 6) is -0.306. The Balaban J connectivity index is 1.13. The largest absolute Gasteiger partial charge is 0.416 e. The first-order valence-electron chi connectivity index (χ1n) is 14.5. The van der Waals surface area contributed by atoms with E-state index in [2.05, 4.69) is 15.0 Å². The highest BCUT2D eigenvalue weighted by atomic mass is 32.2. The zero-order valence-electron chi connectivity index (χ0n) is 24.8. The number of anilines is 1. The molecule has 2 aromatic carbocycles. The molecule has 7 nitrogen and oxygen atoms in total. The van der Waals surface area contributed by atoms with Crippen LogP contribution in [0.25, 0.3) is 5.70 Å². The van der Waals surface area contributed by atoms with Crippen molar-refractivity contribution >= 4 is 33.2 Å². The summed E-state index contributed by atoms with van der Waals surface area (Å²) >= 11 is 1.53. The maximum atomic E-state index is 13.3. The molecule has 4 atom stereocenters. The van der Waals surface area contributed by atoms with Crippen molar-refractivity contribution < 1.29 is 26.7 Å². The molecule has 0 radical (unpaired) electrons. The highest BCUT2D eigenvalue weighted by Crippen LogP contribution is 2.41. The Morgan fingerprint density at radius 1 is 1.09 bits per heavy atom. The van der Waals surface area contributed by atoms with E-state index in [9.17, 15) is 26.7 Å². The van der Waals surface area contributed by atoms with Gasteiger partial charge in [-0.15, -0.1) is 11.8 Å². The number of aromatic nitrogens is 1. The SMILES string of the molecule is CC1C=C(C2SC=C(c3ccc(C(F)(F)F)cc3)N2C)C=CC1S(=O)(=O)Nc1ccc(CCNC[C@H](O)c2cccnc2)cc1. The lowest BCUT2D eigenvalue weighted by molar-refractivity contribution is -0.137. The van der Waals surface area contributed by atoms with Gasteiger partial charge < -0.3 is 15.3 Å². The number of rotatable bonds is 11. The van der Waals surface area contributed by atoms with Gasteiger partial charge in [0.2, 0.25) is 10.0 Å². The van der Waals surface area contributed by atoms with Crippen LogP contribution in [0.4, 0.5) is 18.9 Å². The highest BCUT2D eigenvalue weighted by Gasteiger charge is 2.35. The maximum Gasteiger partial charge on any atom is 0.416 e. The van der Waals surface area contributed by atoms with Crippen LogP contribution >= 0.6 is 11.8 Å². The first kappa shape index (κ1) is 32.8. The van der Waals surface area contributed by atoms with Gasteiger partial charge in [0.25, 0.3) is 0 Å². The highest BCUT2D eigenvalue weighted by molar-refractivity contribution is 8.03. The number of hydrogen-bond acceptors (Lipinski definition) is 7. The number of sulfonamides is 1. The number of nitrogens with zero attached hydrogens (tertiary/aromatic N) is 2. The van der Waals surface area contributed by atoms with Crippen molar-refractivity contribution in [3.63, 3.8) is 0 Å². The minimum Gasteiger partial charge on any atom is -0.387 e. The van der Waals surface area contributed by atoms with Crippen molar-refractivity contribution in [2.24, 2.45) is 5.92 Å². The Labute approximate surface area is 266 Å². The van der Waals surface area contributed by atoms with Gasteiger partial charge in [0, 0.05) is 37.2 Å². The lowest BCUT2D eigenvalue weighted by Gasteiger charge is -2.30. The normalized spacial score (nSPS) is 20.9. The van der Waals surface area contributed by atoms with Crippen LogP contribution in [-0.4, -0.2) is 54.2 Å². The van der Waals surface area contributed by atoms with Crippen molar-refractivity contribution in [1.82, 2.24) is 15.2 Å². The topological polar surface area (TPSA) is 94.6 Å². The summed E-state index contributed by atoms with van der Waals surface area (Å²) in [4.78, 5) is 6.01. The molecule has 0 saturated carbocycles. The van der Waals surface area contributed by atoms with E-state index in [4.69, 9.17) is 0 Å². The minimum atomic E-state index is -4.39. The van der Waals surface area contributed by atoms with E-state index < -0.39 is 33.1 Å². The number of allylic oxidation sites excluding steroid dienone is 1. The van der Waals surface area contributed by atoms with Crippen molar-refractivity contribution in [3.8, 4) is 0 Å². The molecule has 3 unspecified atom stereocenters. The Bertz CT molecular complexity index is 1660. The summed E-state index contributed by atoms with van der Waals surface area (Å²) in [7, 11) is -1.86. The fourth-order valence-corrected chi connectivity index (χ4v) is 8.05. The predicted molar refractivity (Wildman–Crippen MR) is 173 cm³/mol. The molecule has 0 amide bonds. The molecule has 3 aromatic rings. The number of aliphatic hydroxyl groups excluding tert-OH is 1.